The van der Waals surface area contributed by atoms with Crippen molar-refractivity contribution in [3.63, 3.8) is 0 Å². The number of guanidine groups is 1. The van der Waals surface area contributed by atoms with E-state index < -0.39 is 11.4 Å². The third-order valence-electron chi connectivity index (χ3n) is 4.74. The Morgan fingerprint density at radius 1 is 1.07 bits per heavy atom. The molecule has 1 fully saturated rings. The molecule has 0 radical (unpaired) electrons. The predicted molar refractivity (Wildman–Crippen MR) is 98.3 cm³/mol. The molecule has 1 saturated heterocycles. The summed E-state index contributed by atoms with van der Waals surface area (Å²) in [7, 11) is 1.54. The van der Waals surface area contributed by atoms with Gasteiger partial charge in [-0.3, -0.25) is 15.1 Å². The Balaban J connectivity index is 1.96. The molecule has 1 aliphatic rings. The number of nitrogens with one attached hydrogen (secondary N) is 2. The number of nitrogens with zero attached hydrogens (tertiary/aromatic N) is 3. The molecule has 1 aliphatic heterocycles. The largest absolute Gasteiger partial charge is 0.334 e. The van der Waals surface area contributed by atoms with Crippen LogP contribution in [0.25, 0.3) is 11.1 Å². The van der Waals surface area contributed by atoms with Crippen molar-refractivity contribution in [2.45, 2.75) is 5.54 Å². The van der Waals surface area contributed by atoms with E-state index >= 15 is 0 Å². The average Bonchev–Trinajstić information content (AvgIpc) is 2.94. The number of halogens is 1. The zero-order valence-corrected chi connectivity index (χ0v) is 14.5. The lowest BCUT2D eigenvalue weighted by Gasteiger charge is -2.28. The lowest BCUT2D eigenvalue weighted by Crippen LogP contribution is -2.45. The number of carbonyl (C=O) groups excluding carboxylic acids is 1. The number of likely N-dealkylation sites (N-methyl/N-ethyl adjacent to an activating group) is 1. The van der Waals surface area contributed by atoms with Crippen molar-refractivity contribution < 1.29 is 9.18 Å². The lowest BCUT2D eigenvalue weighted by molar-refractivity contribution is -0.129. The number of amides is 1. The SMILES string of the molecule is CN1C(=N)NC(c2ccccc2)(c2ccc(F)c(-c3cncnc3)c2)C1=O. The topological polar surface area (TPSA) is 82.0 Å². The van der Waals surface area contributed by atoms with E-state index in [1.54, 1.807) is 12.1 Å². The van der Waals surface area contributed by atoms with Crippen LogP contribution in [0.4, 0.5) is 4.39 Å². The second-order valence-corrected chi connectivity index (χ2v) is 6.28. The number of benzene rings is 2. The van der Waals surface area contributed by atoms with Gasteiger partial charge in [-0.15, -0.1) is 0 Å². The van der Waals surface area contributed by atoms with Gasteiger partial charge in [0.15, 0.2) is 11.5 Å². The fourth-order valence-corrected chi connectivity index (χ4v) is 3.33. The average molecular weight is 361 g/mol. The second-order valence-electron chi connectivity index (χ2n) is 6.28. The minimum absolute atomic E-state index is 0.0160. The molecule has 1 aromatic heterocycles. The zero-order valence-electron chi connectivity index (χ0n) is 14.5. The van der Waals surface area contributed by atoms with Crippen LogP contribution in [0.3, 0.4) is 0 Å². The standard InChI is InChI=1S/C20H16FN5O/c1-26-18(27)20(25-19(26)22,14-5-3-2-4-6-14)15-7-8-17(21)16(9-15)13-10-23-12-24-11-13/h2-12H,1H3,(H2,22,25). The summed E-state index contributed by atoms with van der Waals surface area (Å²) in [6, 6.07) is 13.6. The molecular weight excluding hydrogens is 345 g/mol. The Kier molecular flexibility index (Phi) is 3.92. The van der Waals surface area contributed by atoms with Crippen LogP contribution in [-0.2, 0) is 10.3 Å². The van der Waals surface area contributed by atoms with Gasteiger partial charge in [0.1, 0.15) is 12.1 Å². The first-order valence-electron chi connectivity index (χ1n) is 8.30. The van der Waals surface area contributed by atoms with E-state index in [0.29, 0.717) is 22.3 Å². The molecule has 7 heteroatoms. The second kappa shape index (κ2) is 6.28. The smallest absolute Gasteiger partial charge is 0.264 e. The van der Waals surface area contributed by atoms with Crippen molar-refractivity contribution in [1.29, 1.82) is 5.41 Å². The van der Waals surface area contributed by atoms with Crippen LogP contribution in [0.5, 0.6) is 0 Å². The van der Waals surface area contributed by atoms with Gasteiger partial charge in [0, 0.05) is 30.6 Å². The number of carbonyl (C=O) groups is 1. The van der Waals surface area contributed by atoms with Gasteiger partial charge in [-0.05, 0) is 23.3 Å². The van der Waals surface area contributed by atoms with Crippen molar-refractivity contribution in [2.24, 2.45) is 0 Å². The summed E-state index contributed by atoms with van der Waals surface area (Å²) in [5, 5.41) is 11.1. The third kappa shape index (κ3) is 2.55. The first-order valence-corrected chi connectivity index (χ1v) is 8.30. The molecule has 0 saturated carbocycles. The summed E-state index contributed by atoms with van der Waals surface area (Å²) < 4.78 is 14.5. The highest BCUT2D eigenvalue weighted by Crippen LogP contribution is 2.37. The van der Waals surface area contributed by atoms with Crippen LogP contribution < -0.4 is 5.32 Å². The molecule has 2 aromatic carbocycles. The Hall–Kier alpha value is -3.61. The normalized spacial score (nSPS) is 19.3. The predicted octanol–water partition coefficient (Wildman–Crippen LogP) is 2.52. The van der Waals surface area contributed by atoms with Gasteiger partial charge >= 0.3 is 0 Å². The third-order valence-corrected chi connectivity index (χ3v) is 4.74. The summed E-state index contributed by atoms with van der Waals surface area (Å²) in [5.41, 5.74) is 0.706. The minimum Gasteiger partial charge on any atom is -0.334 e. The molecule has 6 nitrogen and oxygen atoms in total. The quantitative estimate of drug-likeness (QED) is 0.751. The fourth-order valence-electron chi connectivity index (χ4n) is 3.33. The highest BCUT2D eigenvalue weighted by Gasteiger charge is 2.51. The molecule has 0 aliphatic carbocycles. The highest BCUT2D eigenvalue weighted by atomic mass is 19.1. The zero-order chi connectivity index (χ0) is 19.0. The molecular formula is C20H16FN5O. The van der Waals surface area contributed by atoms with E-state index in [2.05, 4.69) is 15.3 Å². The summed E-state index contributed by atoms with van der Waals surface area (Å²) >= 11 is 0. The van der Waals surface area contributed by atoms with Gasteiger partial charge < -0.3 is 5.32 Å². The fraction of sp³-hybridized carbons (Fsp3) is 0.100. The van der Waals surface area contributed by atoms with Gasteiger partial charge in [-0.25, -0.2) is 14.4 Å². The summed E-state index contributed by atoms with van der Waals surface area (Å²) in [6.07, 6.45) is 4.40. The molecule has 1 amide bonds. The van der Waals surface area contributed by atoms with E-state index in [1.165, 1.54) is 36.7 Å². The van der Waals surface area contributed by atoms with Gasteiger partial charge in [0.05, 0.1) is 0 Å². The Bertz CT molecular complexity index is 1030. The number of aromatic nitrogens is 2. The summed E-state index contributed by atoms with van der Waals surface area (Å²) in [5.74, 6) is -0.760. The number of hydrogen-bond donors (Lipinski definition) is 2. The van der Waals surface area contributed by atoms with Crippen molar-refractivity contribution in [2.75, 3.05) is 7.05 Å². The number of hydrogen-bond acceptors (Lipinski definition) is 4. The number of rotatable bonds is 3. The lowest BCUT2D eigenvalue weighted by atomic mass is 9.81. The Morgan fingerprint density at radius 3 is 2.41 bits per heavy atom. The van der Waals surface area contributed by atoms with Gasteiger partial charge in [0.2, 0.25) is 0 Å². The molecule has 134 valence electrons. The van der Waals surface area contributed by atoms with Gasteiger partial charge in [-0.2, -0.15) is 0 Å². The molecule has 2 N–H and O–H groups in total. The van der Waals surface area contributed by atoms with Crippen molar-refractivity contribution in [1.82, 2.24) is 20.2 Å². The van der Waals surface area contributed by atoms with Crippen LogP contribution in [0.1, 0.15) is 11.1 Å². The molecule has 0 spiro atoms. The van der Waals surface area contributed by atoms with Gasteiger partial charge in [-0.1, -0.05) is 36.4 Å². The van der Waals surface area contributed by atoms with Crippen LogP contribution >= 0.6 is 0 Å². The highest BCUT2D eigenvalue weighted by molar-refractivity contribution is 6.10. The van der Waals surface area contributed by atoms with Gasteiger partial charge in [0.25, 0.3) is 5.91 Å². The maximum absolute atomic E-state index is 14.5. The van der Waals surface area contributed by atoms with E-state index in [0.717, 1.165) is 0 Å². The first-order chi connectivity index (χ1) is 13.0. The molecule has 4 rings (SSSR count). The van der Waals surface area contributed by atoms with Crippen molar-refractivity contribution in [3.8, 4) is 11.1 Å². The van der Waals surface area contributed by atoms with Crippen LogP contribution in [0.15, 0.2) is 67.3 Å². The van der Waals surface area contributed by atoms with Crippen molar-refractivity contribution >= 4 is 11.9 Å². The minimum atomic E-state index is -1.30. The molecule has 0 bridgehead atoms. The molecule has 27 heavy (non-hydrogen) atoms. The van der Waals surface area contributed by atoms with Crippen molar-refractivity contribution in [3.05, 3.63) is 84.2 Å². The first kappa shape index (κ1) is 16.8. The molecule has 2 heterocycles. The molecule has 3 aromatic rings. The van der Waals surface area contributed by atoms with E-state index in [1.807, 2.05) is 30.3 Å². The van der Waals surface area contributed by atoms with E-state index in [9.17, 15) is 9.18 Å². The van der Waals surface area contributed by atoms with Crippen LogP contribution in [-0.4, -0.2) is 33.8 Å². The maximum atomic E-state index is 14.5. The maximum Gasteiger partial charge on any atom is 0.264 e. The van der Waals surface area contributed by atoms with Crippen LogP contribution in [0, 0.1) is 11.2 Å². The van der Waals surface area contributed by atoms with E-state index in [-0.39, 0.29) is 11.9 Å². The summed E-state index contributed by atoms with van der Waals surface area (Å²) in [6.45, 7) is 0. The molecule has 1 unspecified atom stereocenters. The molecule has 1 atom stereocenters. The Morgan fingerprint density at radius 2 is 1.78 bits per heavy atom. The Labute approximate surface area is 155 Å². The van der Waals surface area contributed by atoms with E-state index in [4.69, 9.17) is 5.41 Å². The summed E-state index contributed by atoms with van der Waals surface area (Å²) in [4.78, 5) is 22.3. The monoisotopic (exact) mass is 361 g/mol. The van der Waals surface area contributed by atoms with Crippen LogP contribution in [0.2, 0.25) is 0 Å².